The Hall–Kier alpha value is -2.90. The van der Waals surface area contributed by atoms with Crippen LogP contribution in [0.4, 0.5) is 4.79 Å². The second-order valence-electron chi connectivity index (χ2n) is 8.85. The van der Waals surface area contributed by atoms with E-state index >= 15 is 0 Å². The molecule has 3 heterocycles. The molecule has 32 heavy (non-hydrogen) atoms. The number of aryl methyl sites for hydroxylation is 1. The van der Waals surface area contributed by atoms with Crippen LogP contribution in [-0.2, 0) is 9.47 Å². The van der Waals surface area contributed by atoms with Gasteiger partial charge in [0.2, 0.25) is 0 Å². The molecule has 7 heteroatoms. The van der Waals surface area contributed by atoms with Crippen LogP contribution in [0.3, 0.4) is 0 Å². The van der Waals surface area contributed by atoms with Crippen molar-refractivity contribution in [2.45, 2.75) is 50.4 Å². The van der Waals surface area contributed by atoms with Gasteiger partial charge in [0.15, 0.2) is 0 Å². The number of carbonyl (C=O) groups excluding carboxylic acids is 1. The van der Waals surface area contributed by atoms with Gasteiger partial charge in [0.05, 0.1) is 24.2 Å². The van der Waals surface area contributed by atoms with Crippen molar-refractivity contribution in [1.82, 2.24) is 14.5 Å². The van der Waals surface area contributed by atoms with Crippen LogP contribution < -0.4 is 5.73 Å². The molecular formula is C25H30N4O3. The number of piperidine rings is 1. The number of carbonyl (C=O) groups is 1. The first-order chi connectivity index (χ1) is 15.6. The summed E-state index contributed by atoms with van der Waals surface area (Å²) in [5.41, 5.74) is 8.60. The van der Waals surface area contributed by atoms with E-state index < -0.39 is 6.09 Å². The molecule has 0 aliphatic carbocycles. The number of amides is 1. The van der Waals surface area contributed by atoms with Crippen molar-refractivity contribution in [3.8, 4) is 0 Å². The lowest BCUT2D eigenvalue weighted by Gasteiger charge is -2.49. The van der Waals surface area contributed by atoms with Gasteiger partial charge in [-0.25, -0.2) is 9.78 Å². The zero-order valence-electron chi connectivity index (χ0n) is 18.4. The van der Waals surface area contributed by atoms with Gasteiger partial charge in [-0.05, 0) is 37.5 Å². The number of primary amides is 1. The van der Waals surface area contributed by atoms with Crippen LogP contribution in [-0.4, -0.2) is 52.4 Å². The molecule has 2 saturated heterocycles. The molecule has 1 aromatic heterocycles. The van der Waals surface area contributed by atoms with Crippen molar-refractivity contribution < 1.29 is 14.3 Å². The number of morpholine rings is 1. The largest absolute Gasteiger partial charge is 0.441 e. The number of rotatable bonds is 6. The molecule has 1 amide bonds. The Morgan fingerprint density at radius 1 is 1.09 bits per heavy atom. The van der Waals surface area contributed by atoms with E-state index in [9.17, 15) is 4.79 Å². The summed E-state index contributed by atoms with van der Waals surface area (Å²) in [7, 11) is 0. The predicted molar refractivity (Wildman–Crippen MR) is 122 cm³/mol. The molecule has 0 spiro atoms. The Labute approximate surface area is 188 Å². The monoisotopic (exact) mass is 434 g/mol. The fraction of sp³-hybridized carbons (Fsp3) is 0.440. The summed E-state index contributed by atoms with van der Waals surface area (Å²) >= 11 is 0. The summed E-state index contributed by atoms with van der Waals surface area (Å²) in [5.74, 6) is 1.07. The van der Waals surface area contributed by atoms with Crippen LogP contribution in [0.5, 0.6) is 0 Å². The minimum absolute atomic E-state index is 0.332. The van der Waals surface area contributed by atoms with Gasteiger partial charge in [0.25, 0.3) is 0 Å². The number of aromatic nitrogens is 2. The first-order valence-electron chi connectivity index (χ1n) is 11.4. The van der Waals surface area contributed by atoms with E-state index in [4.69, 9.17) is 20.2 Å². The molecular weight excluding hydrogens is 404 g/mol. The van der Waals surface area contributed by atoms with Crippen molar-refractivity contribution in [3.05, 3.63) is 66.0 Å². The van der Waals surface area contributed by atoms with Gasteiger partial charge >= 0.3 is 6.09 Å². The lowest BCUT2D eigenvalue weighted by molar-refractivity contribution is -0.0885. The van der Waals surface area contributed by atoms with Gasteiger partial charge in [0, 0.05) is 31.1 Å². The Kier molecular flexibility index (Phi) is 5.85. The maximum Gasteiger partial charge on any atom is 0.405 e. The third kappa shape index (κ3) is 4.10. The Morgan fingerprint density at radius 2 is 1.78 bits per heavy atom. The van der Waals surface area contributed by atoms with E-state index in [-0.39, 0.29) is 6.10 Å². The molecule has 168 valence electrons. The lowest BCUT2D eigenvalue weighted by atomic mass is 9.89. The number of benzene rings is 2. The van der Waals surface area contributed by atoms with Crippen molar-refractivity contribution in [2.75, 3.05) is 19.8 Å². The number of nitrogens with two attached hydrogens (primary N) is 1. The average Bonchev–Trinajstić information content (AvgIpc) is 3.12. The van der Waals surface area contributed by atoms with Gasteiger partial charge in [0.1, 0.15) is 11.9 Å². The summed E-state index contributed by atoms with van der Waals surface area (Å²) in [5, 5.41) is 0. The van der Waals surface area contributed by atoms with Crippen LogP contribution in [0.25, 0.3) is 11.0 Å². The lowest BCUT2D eigenvalue weighted by Crippen LogP contribution is -2.57. The molecule has 0 saturated carbocycles. The van der Waals surface area contributed by atoms with Crippen molar-refractivity contribution in [3.63, 3.8) is 0 Å². The van der Waals surface area contributed by atoms with Crippen LogP contribution in [0.2, 0.25) is 0 Å². The Bertz CT molecular complexity index is 1070. The molecule has 2 aliphatic rings. The third-order valence-corrected chi connectivity index (χ3v) is 6.86. The predicted octanol–water partition coefficient (Wildman–Crippen LogP) is 3.98. The summed E-state index contributed by atoms with van der Waals surface area (Å²) < 4.78 is 13.8. The molecule has 3 atom stereocenters. The maximum absolute atomic E-state index is 11.5. The van der Waals surface area contributed by atoms with Gasteiger partial charge in [-0.3, -0.25) is 4.90 Å². The highest BCUT2D eigenvalue weighted by Gasteiger charge is 2.40. The second-order valence-corrected chi connectivity index (χ2v) is 8.85. The SMILES string of the molecule is Cc1nc2ccccc2n1C1C[C@H]2COC[C@H](C1)N2CC[C@H](OC(N)=O)c1ccccc1. The number of hydrogen-bond donors (Lipinski definition) is 1. The van der Waals surface area contributed by atoms with E-state index in [1.807, 2.05) is 36.4 Å². The van der Waals surface area contributed by atoms with E-state index in [1.165, 1.54) is 5.52 Å². The summed E-state index contributed by atoms with van der Waals surface area (Å²) in [6, 6.07) is 19.3. The van der Waals surface area contributed by atoms with Crippen LogP contribution in [0.1, 0.15) is 42.8 Å². The maximum atomic E-state index is 11.5. The minimum Gasteiger partial charge on any atom is -0.441 e. The first-order valence-corrected chi connectivity index (χ1v) is 11.4. The van der Waals surface area contributed by atoms with Crippen molar-refractivity contribution in [1.29, 1.82) is 0 Å². The number of fused-ring (bicyclic) bond motifs is 3. The summed E-state index contributed by atoms with van der Waals surface area (Å²) in [6.07, 6.45) is 1.67. The normalized spacial score (nSPS) is 24.3. The molecule has 0 unspecified atom stereocenters. The number of nitrogens with zero attached hydrogens (tertiary/aromatic N) is 3. The average molecular weight is 435 g/mol. The molecule has 2 fully saturated rings. The molecule has 2 N–H and O–H groups in total. The number of para-hydroxylation sites is 2. The molecule has 2 aliphatic heterocycles. The highest BCUT2D eigenvalue weighted by Crippen LogP contribution is 2.37. The molecule has 7 nitrogen and oxygen atoms in total. The zero-order chi connectivity index (χ0) is 22.1. The molecule has 0 radical (unpaired) electrons. The quantitative estimate of drug-likeness (QED) is 0.635. The number of ether oxygens (including phenoxy) is 2. The highest BCUT2D eigenvalue weighted by atomic mass is 16.6. The van der Waals surface area contributed by atoms with Crippen LogP contribution >= 0.6 is 0 Å². The standard InChI is InChI=1S/C25H30N4O3/c1-17-27-22-9-5-6-10-23(22)29(17)19-13-20-15-31-16-21(14-19)28(20)12-11-24(32-25(26)30)18-7-3-2-4-8-18/h2-10,19-21,24H,11-16H2,1H3,(H2,26,30)/t20-,21-,24-/m0/s1. The zero-order valence-corrected chi connectivity index (χ0v) is 18.4. The third-order valence-electron chi connectivity index (χ3n) is 6.86. The van der Waals surface area contributed by atoms with E-state index in [2.05, 4.69) is 34.6 Å². The van der Waals surface area contributed by atoms with Crippen LogP contribution in [0.15, 0.2) is 54.6 Å². The second kappa shape index (κ2) is 8.92. The van der Waals surface area contributed by atoms with Crippen molar-refractivity contribution in [2.24, 2.45) is 5.73 Å². The fourth-order valence-electron chi connectivity index (χ4n) is 5.53. The Balaban J connectivity index is 1.33. The number of hydrogen-bond acceptors (Lipinski definition) is 5. The van der Waals surface area contributed by atoms with Gasteiger partial charge in [-0.2, -0.15) is 0 Å². The number of imidazole rings is 1. The van der Waals surface area contributed by atoms with Crippen molar-refractivity contribution >= 4 is 17.1 Å². The molecule has 2 bridgehead atoms. The molecule has 5 rings (SSSR count). The smallest absolute Gasteiger partial charge is 0.405 e. The molecule has 3 aromatic rings. The first kappa shape index (κ1) is 21.0. The van der Waals surface area contributed by atoms with E-state index in [1.54, 1.807) is 0 Å². The highest BCUT2D eigenvalue weighted by molar-refractivity contribution is 5.76. The van der Waals surface area contributed by atoms with Gasteiger partial charge in [-0.15, -0.1) is 0 Å². The molecule has 2 aromatic carbocycles. The van der Waals surface area contributed by atoms with Gasteiger partial charge < -0.3 is 19.8 Å². The van der Waals surface area contributed by atoms with Crippen LogP contribution in [0, 0.1) is 6.92 Å². The Morgan fingerprint density at radius 3 is 2.50 bits per heavy atom. The van der Waals surface area contributed by atoms with E-state index in [0.29, 0.717) is 24.5 Å². The summed E-state index contributed by atoms with van der Waals surface area (Å²) in [6.45, 7) is 4.39. The minimum atomic E-state index is -0.733. The fourth-order valence-corrected chi connectivity index (χ4v) is 5.53. The van der Waals surface area contributed by atoms with Gasteiger partial charge in [-0.1, -0.05) is 42.5 Å². The van der Waals surface area contributed by atoms with E-state index in [0.717, 1.165) is 49.5 Å². The summed E-state index contributed by atoms with van der Waals surface area (Å²) in [4.78, 5) is 18.8. The topological polar surface area (TPSA) is 82.6 Å².